The lowest BCUT2D eigenvalue weighted by Crippen LogP contribution is -2.58. The van der Waals surface area contributed by atoms with Crippen molar-refractivity contribution in [3.8, 4) is 5.75 Å². The molecule has 0 spiro atoms. The van der Waals surface area contributed by atoms with Gasteiger partial charge in [0.2, 0.25) is 0 Å². The minimum absolute atomic E-state index is 0.00931. The van der Waals surface area contributed by atoms with Gasteiger partial charge in [0.1, 0.15) is 17.1 Å². The van der Waals surface area contributed by atoms with Gasteiger partial charge in [-0.25, -0.2) is 9.18 Å². The number of amides is 3. The lowest BCUT2D eigenvalue weighted by atomic mass is 9.72. The van der Waals surface area contributed by atoms with Crippen molar-refractivity contribution < 1.29 is 24.2 Å². The standard InChI is InChI=1S/C25H28ClFN4O4/c1-25-13-17-16-11-18(26)19(27)12-20(16)28-21(17)22(14-4-3-5-15(33)10-14)31(25)24(35)30(23(25)34)7-6-29(2)8-9-32/h3-5,10-12,17,21-22,28,32-33H,6-9,13H2,1-2H3/t17?,21?,22-,25+/m1/s1. The fraction of sp³-hybridized carbons (Fsp3) is 0.440. The number of phenols is 1. The molecule has 2 unspecified atom stereocenters. The van der Waals surface area contributed by atoms with Gasteiger partial charge in [-0.3, -0.25) is 9.69 Å². The summed E-state index contributed by atoms with van der Waals surface area (Å²) in [5.41, 5.74) is 0.958. The molecule has 2 fully saturated rings. The number of nitrogens with zero attached hydrogens (tertiary/aromatic N) is 3. The highest BCUT2D eigenvalue weighted by Crippen LogP contribution is 2.56. The number of nitrogens with one attached hydrogen (secondary N) is 1. The molecular formula is C25H28ClFN4O4. The number of piperidine rings is 1. The van der Waals surface area contributed by atoms with Crippen LogP contribution >= 0.6 is 11.6 Å². The minimum Gasteiger partial charge on any atom is -0.508 e. The summed E-state index contributed by atoms with van der Waals surface area (Å²) in [4.78, 5) is 32.3. The Kier molecular flexibility index (Phi) is 5.89. The third-order valence-corrected chi connectivity index (χ3v) is 7.85. The highest BCUT2D eigenvalue weighted by atomic mass is 35.5. The van der Waals surface area contributed by atoms with Gasteiger partial charge in [0.15, 0.2) is 0 Å². The number of anilines is 1. The number of phenolic OH excluding ortho intramolecular Hbond substituents is 1. The van der Waals surface area contributed by atoms with Crippen LogP contribution in [0.5, 0.6) is 5.75 Å². The molecular weight excluding hydrogens is 475 g/mol. The molecule has 2 saturated heterocycles. The molecule has 3 amide bonds. The SMILES string of the molecule is CN(CCO)CCN1C(=O)N2[C@H](c3cccc(O)c3)C3Nc4cc(F)c(Cl)cc4C3C[C@@]2(C)C1=O. The Morgan fingerprint density at radius 1 is 1.26 bits per heavy atom. The summed E-state index contributed by atoms with van der Waals surface area (Å²) in [6.45, 7) is 2.83. The molecule has 3 N–H and O–H groups in total. The van der Waals surface area contributed by atoms with E-state index in [0.29, 0.717) is 30.8 Å². The molecule has 3 aliphatic heterocycles. The third kappa shape index (κ3) is 3.73. The molecule has 10 heteroatoms. The maximum absolute atomic E-state index is 14.3. The molecule has 0 radical (unpaired) electrons. The number of likely N-dealkylation sites (N-methyl/N-ethyl adjacent to an activating group) is 1. The Labute approximate surface area is 207 Å². The molecule has 5 rings (SSSR count). The van der Waals surface area contributed by atoms with E-state index in [-0.39, 0.29) is 41.8 Å². The van der Waals surface area contributed by atoms with Crippen LogP contribution in [0.3, 0.4) is 0 Å². The number of halogens is 2. The number of rotatable bonds is 6. The first-order chi connectivity index (χ1) is 16.7. The molecule has 2 aromatic carbocycles. The summed E-state index contributed by atoms with van der Waals surface area (Å²) < 4.78 is 14.3. The van der Waals surface area contributed by atoms with Gasteiger partial charge in [-0.1, -0.05) is 23.7 Å². The van der Waals surface area contributed by atoms with E-state index in [1.54, 1.807) is 36.1 Å². The van der Waals surface area contributed by atoms with Gasteiger partial charge in [-0.2, -0.15) is 0 Å². The predicted octanol–water partition coefficient (Wildman–Crippen LogP) is 3.15. The number of imide groups is 1. The number of hydrogen-bond donors (Lipinski definition) is 3. The van der Waals surface area contributed by atoms with Gasteiger partial charge in [0, 0.05) is 31.2 Å². The number of aliphatic hydroxyl groups excluding tert-OH is 1. The number of benzene rings is 2. The van der Waals surface area contributed by atoms with Crippen molar-refractivity contribution in [1.82, 2.24) is 14.7 Å². The van der Waals surface area contributed by atoms with Crippen molar-refractivity contribution in [3.05, 3.63) is 58.4 Å². The van der Waals surface area contributed by atoms with Crippen molar-refractivity contribution in [2.45, 2.75) is 36.9 Å². The van der Waals surface area contributed by atoms with Crippen LogP contribution in [0.25, 0.3) is 0 Å². The van der Waals surface area contributed by atoms with Crippen molar-refractivity contribution in [2.24, 2.45) is 0 Å². The topological polar surface area (TPSA) is 96.3 Å². The van der Waals surface area contributed by atoms with E-state index in [1.165, 1.54) is 11.0 Å². The Morgan fingerprint density at radius 3 is 2.74 bits per heavy atom. The molecule has 0 saturated carbocycles. The van der Waals surface area contributed by atoms with Crippen molar-refractivity contribution in [1.29, 1.82) is 0 Å². The zero-order chi connectivity index (χ0) is 25.1. The monoisotopic (exact) mass is 502 g/mol. The number of aromatic hydroxyl groups is 1. The van der Waals surface area contributed by atoms with Crippen molar-refractivity contribution in [2.75, 3.05) is 38.6 Å². The molecule has 0 aromatic heterocycles. The Hall–Kier alpha value is -2.88. The fourth-order valence-electron chi connectivity index (χ4n) is 5.84. The molecule has 3 heterocycles. The molecule has 8 nitrogen and oxygen atoms in total. The summed E-state index contributed by atoms with van der Waals surface area (Å²) in [5.74, 6) is -0.977. The van der Waals surface area contributed by atoms with E-state index in [2.05, 4.69) is 5.32 Å². The Morgan fingerprint density at radius 2 is 2.03 bits per heavy atom. The zero-order valence-corrected chi connectivity index (χ0v) is 20.3. The van der Waals surface area contributed by atoms with E-state index in [9.17, 15) is 24.2 Å². The van der Waals surface area contributed by atoms with E-state index < -0.39 is 23.4 Å². The van der Waals surface area contributed by atoms with Crippen LogP contribution in [0.2, 0.25) is 5.02 Å². The largest absolute Gasteiger partial charge is 0.508 e. The molecule has 0 bridgehead atoms. The van der Waals surface area contributed by atoms with Crippen molar-refractivity contribution >= 4 is 29.2 Å². The van der Waals surface area contributed by atoms with Gasteiger partial charge in [-0.05, 0) is 55.8 Å². The lowest BCUT2D eigenvalue weighted by molar-refractivity contribution is -0.135. The van der Waals surface area contributed by atoms with E-state index in [4.69, 9.17) is 11.6 Å². The average Bonchev–Trinajstić information content (AvgIpc) is 3.23. The highest BCUT2D eigenvalue weighted by Gasteiger charge is 2.63. The number of hydrogen-bond acceptors (Lipinski definition) is 6. The fourth-order valence-corrected chi connectivity index (χ4v) is 6.01. The summed E-state index contributed by atoms with van der Waals surface area (Å²) in [7, 11) is 1.82. The molecule has 4 atom stereocenters. The normalized spacial score (nSPS) is 27.2. The smallest absolute Gasteiger partial charge is 0.328 e. The van der Waals surface area contributed by atoms with Gasteiger partial charge >= 0.3 is 6.03 Å². The number of aliphatic hydroxyl groups is 1. The minimum atomic E-state index is -1.13. The van der Waals surface area contributed by atoms with Crippen molar-refractivity contribution in [3.63, 3.8) is 0 Å². The molecule has 35 heavy (non-hydrogen) atoms. The second-order valence-electron chi connectivity index (χ2n) is 9.78. The van der Waals surface area contributed by atoms with Crippen LogP contribution in [-0.4, -0.2) is 81.7 Å². The number of carbonyl (C=O) groups is 2. The summed E-state index contributed by atoms with van der Waals surface area (Å²) in [6, 6.07) is 8.30. The maximum Gasteiger partial charge on any atom is 0.328 e. The first-order valence-corrected chi connectivity index (χ1v) is 12.0. The third-order valence-electron chi connectivity index (χ3n) is 7.56. The zero-order valence-electron chi connectivity index (χ0n) is 19.5. The number of urea groups is 1. The van der Waals surface area contributed by atoms with E-state index in [0.717, 1.165) is 5.56 Å². The van der Waals surface area contributed by atoms with Crippen LogP contribution < -0.4 is 5.32 Å². The van der Waals surface area contributed by atoms with Crippen LogP contribution in [0, 0.1) is 5.82 Å². The first-order valence-electron chi connectivity index (χ1n) is 11.6. The summed E-state index contributed by atoms with van der Waals surface area (Å²) in [6.07, 6.45) is 0.350. The highest BCUT2D eigenvalue weighted by molar-refractivity contribution is 6.31. The van der Waals surface area contributed by atoms with Gasteiger partial charge in [0.05, 0.1) is 23.7 Å². The Bertz CT molecular complexity index is 1200. The van der Waals surface area contributed by atoms with E-state index in [1.807, 2.05) is 18.0 Å². The number of fused-ring (bicyclic) bond motifs is 4. The van der Waals surface area contributed by atoms with Crippen LogP contribution in [0.15, 0.2) is 36.4 Å². The van der Waals surface area contributed by atoms with Gasteiger partial charge in [0.25, 0.3) is 5.91 Å². The van der Waals surface area contributed by atoms with E-state index >= 15 is 0 Å². The Balaban J connectivity index is 1.58. The summed E-state index contributed by atoms with van der Waals surface area (Å²) >= 11 is 6.12. The van der Waals surface area contributed by atoms with Gasteiger partial charge in [-0.15, -0.1) is 0 Å². The van der Waals surface area contributed by atoms with Crippen LogP contribution in [0.4, 0.5) is 14.9 Å². The first kappa shape index (κ1) is 23.8. The lowest BCUT2D eigenvalue weighted by Gasteiger charge is -2.48. The summed E-state index contributed by atoms with van der Waals surface area (Å²) in [5, 5.41) is 22.8. The van der Waals surface area contributed by atoms with Crippen LogP contribution in [0.1, 0.15) is 36.4 Å². The molecule has 0 aliphatic carbocycles. The molecule has 186 valence electrons. The predicted molar refractivity (Wildman–Crippen MR) is 129 cm³/mol. The number of carbonyl (C=O) groups excluding carboxylic acids is 2. The molecule has 2 aromatic rings. The second kappa shape index (κ2) is 8.65. The second-order valence-corrected chi connectivity index (χ2v) is 10.2. The molecule has 3 aliphatic rings. The quantitative estimate of drug-likeness (QED) is 0.525. The maximum atomic E-state index is 14.3. The van der Waals surface area contributed by atoms with Crippen LogP contribution in [-0.2, 0) is 4.79 Å². The van der Waals surface area contributed by atoms with Gasteiger partial charge < -0.3 is 25.3 Å². The average molecular weight is 503 g/mol.